The third-order valence-electron chi connectivity index (χ3n) is 1.52. The van der Waals surface area contributed by atoms with Gasteiger partial charge >= 0.3 is 0 Å². The first-order valence-electron chi connectivity index (χ1n) is 3.62. The Morgan fingerprint density at radius 2 is 2.42 bits per heavy atom. The van der Waals surface area contributed by atoms with Crippen molar-refractivity contribution in [2.75, 3.05) is 13.7 Å². The topological polar surface area (TPSA) is 68.4 Å². The fraction of sp³-hybridized carbons (Fsp3) is 0.375. The van der Waals surface area contributed by atoms with Gasteiger partial charge in [0.15, 0.2) is 0 Å². The number of pyridine rings is 1. The molecular formula is C8H12N2O2. The van der Waals surface area contributed by atoms with Crippen LogP contribution in [0.2, 0.25) is 0 Å². The van der Waals surface area contributed by atoms with Crippen LogP contribution < -0.4 is 5.73 Å². The molecule has 0 saturated heterocycles. The van der Waals surface area contributed by atoms with Crippen molar-refractivity contribution in [3.63, 3.8) is 0 Å². The zero-order valence-corrected chi connectivity index (χ0v) is 6.90. The summed E-state index contributed by atoms with van der Waals surface area (Å²) >= 11 is 0. The number of ether oxygens (including phenoxy) is 1. The average Bonchev–Trinajstić information content (AvgIpc) is 2.05. The van der Waals surface area contributed by atoms with Crippen molar-refractivity contribution < 1.29 is 9.84 Å². The highest BCUT2D eigenvalue weighted by molar-refractivity contribution is 5.24. The van der Waals surface area contributed by atoms with E-state index in [1.807, 2.05) is 0 Å². The SMILES string of the molecule is COC[C@H](N)c1cncc(O)c1. The normalized spacial score (nSPS) is 12.8. The molecule has 0 spiro atoms. The zero-order chi connectivity index (χ0) is 8.97. The van der Waals surface area contributed by atoms with Gasteiger partial charge in [-0.25, -0.2) is 0 Å². The van der Waals surface area contributed by atoms with E-state index in [0.717, 1.165) is 5.56 Å². The van der Waals surface area contributed by atoms with Gasteiger partial charge in [-0.2, -0.15) is 0 Å². The first kappa shape index (κ1) is 8.96. The Hall–Kier alpha value is -1.13. The molecule has 1 rings (SSSR count). The van der Waals surface area contributed by atoms with E-state index in [1.54, 1.807) is 19.4 Å². The highest BCUT2D eigenvalue weighted by atomic mass is 16.5. The fourth-order valence-electron chi connectivity index (χ4n) is 0.924. The van der Waals surface area contributed by atoms with Crippen molar-refractivity contribution in [1.29, 1.82) is 0 Å². The van der Waals surface area contributed by atoms with Gasteiger partial charge in [-0.1, -0.05) is 0 Å². The molecular weight excluding hydrogens is 156 g/mol. The van der Waals surface area contributed by atoms with Crippen LogP contribution >= 0.6 is 0 Å². The lowest BCUT2D eigenvalue weighted by atomic mass is 10.1. The average molecular weight is 168 g/mol. The molecule has 0 fully saturated rings. The second kappa shape index (κ2) is 4.04. The van der Waals surface area contributed by atoms with Crippen LogP contribution in [0.1, 0.15) is 11.6 Å². The van der Waals surface area contributed by atoms with E-state index in [9.17, 15) is 0 Å². The molecule has 0 aliphatic heterocycles. The van der Waals surface area contributed by atoms with Gasteiger partial charge in [0.1, 0.15) is 5.75 Å². The Bertz CT molecular complexity index is 253. The molecule has 0 amide bonds. The number of aromatic nitrogens is 1. The standard InChI is InChI=1S/C8H12N2O2/c1-12-5-8(9)6-2-7(11)4-10-3-6/h2-4,8,11H,5,9H2,1H3/t8-/m0/s1. The maximum absolute atomic E-state index is 9.07. The lowest BCUT2D eigenvalue weighted by molar-refractivity contribution is 0.180. The summed E-state index contributed by atoms with van der Waals surface area (Å²) in [7, 11) is 1.58. The summed E-state index contributed by atoms with van der Waals surface area (Å²) in [6, 6.07) is 1.35. The van der Waals surface area contributed by atoms with E-state index in [-0.39, 0.29) is 11.8 Å². The highest BCUT2D eigenvalue weighted by Gasteiger charge is 2.05. The van der Waals surface area contributed by atoms with E-state index in [2.05, 4.69) is 4.98 Å². The van der Waals surface area contributed by atoms with E-state index >= 15 is 0 Å². The number of rotatable bonds is 3. The third kappa shape index (κ3) is 2.18. The minimum Gasteiger partial charge on any atom is -0.506 e. The Balaban J connectivity index is 2.73. The summed E-state index contributed by atoms with van der Waals surface area (Å²) in [5.41, 5.74) is 6.47. The van der Waals surface area contributed by atoms with Crippen molar-refractivity contribution >= 4 is 0 Å². The lowest BCUT2D eigenvalue weighted by Gasteiger charge is -2.09. The van der Waals surface area contributed by atoms with Gasteiger partial charge in [-0.05, 0) is 11.6 Å². The zero-order valence-electron chi connectivity index (χ0n) is 6.90. The first-order chi connectivity index (χ1) is 5.74. The summed E-state index contributed by atoms with van der Waals surface area (Å²) in [6.45, 7) is 0.422. The smallest absolute Gasteiger partial charge is 0.134 e. The minimum absolute atomic E-state index is 0.124. The molecule has 0 bridgehead atoms. The maximum Gasteiger partial charge on any atom is 0.134 e. The van der Waals surface area contributed by atoms with Crippen molar-refractivity contribution in [2.24, 2.45) is 5.73 Å². The number of methoxy groups -OCH3 is 1. The molecule has 4 heteroatoms. The molecule has 0 radical (unpaired) electrons. The van der Waals surface area contributed by atoms with Crippen LogP contribution in [-0.2, 0) is 4.74 Å². The van der Waals surface area contributed by atoms with E-state index < -0.39 is 0 Å². The van der Waals surface area contributed by atoms with Crippen LogP contribution in [0.4, 0.5) is 0 Å². The van der Waals surface area contributed by atoms with Crippen molar-refractivity contribution in [3.8, 4) is 5.75 Å². The monoisotopic (exact) mass is 168 g/mol. The molecule has 1 heterocycles. The van der Waals surface area contributed by atoms with Crippen LogP contribution in [-0.4, -0.2) is 23.8 Å². The van der Waals surface area contributed by atoms with Gasteiger partial charge in [0.05, 0.1) is 18.8 Å². The second-order valence-corrected chi connectivity index (χ2v) is 2.54. The molecule has 3 N–H and O–H groups in total. The van der Waals surface area contributed by atoms with Crippen LogP contribution in [0.25, 0.3) is 0 Å². The molecule has 0 aromatic carbocycles. The molecule has 12 heavy (non-hydrogen) atoms. The van der Waals surface area contributed by atoms with Gasteiger partial charge in [0.2, 0.25) is 0 Å². The molecule has 1 aromatic rings. The molecule has 0 aliphatic carbocycles. The predicted octanol–water partition coefficient (Wildman–Crippen LogP) is 0.433. The van der Waals surface area contributed by atoms with Crippen LogP contribution in [0.5, 0.6) is 5.75 Å². The summed E-state index contributed by atoms with van der Waals surface area (Å²) < 4.78 is 4.86. The quantitative estimate of drug-likeness (QED) is 0.686. The van der Waals surface area contributed by atoms with Crippen LogP contribution in [0.15, 0.2) is 18.5 Å². The van der Waals surface area contributed by atoms with Crippen molar-refractivity contribution in [2.45, 2.75) is 6.04 Å². The molecule has 0 aliphatic rings. The van der Waals surface area contributed by atoms with Gasteiger partial charge in [0.25, 0.3) is 0 Å². The number of aromatic hydroxyl groups is 1. The fourth-order valence-corrected chi connectivity index (χ4v) is 0.924. The Kier molecular flexibility index (Phi) is 3.01. The summed E-state index contributed by atoms with van der Waals surface area (Å²) in [5.74, 6) is 0.124. The summed E-state index contributed by atoms with van der Waals surface area (Å²) in [6.07, 6.45) is 2.98. The van der Waals surface area contributed by atoms with Gasteiger partial charge in [0, 0.05) is 13.3 Å². The van der Waals surface area contributed by atoms with E-state index in [4.69, 9.17) is 15.6 Å². The van der Waals surface area contributed by atoms with Crippen molar-refractivity contribution in [3.05, 3.63) is 24.0 Å². The van der Waals surface area contributed by atoms with Gasteiger partial charge in [-0.3, -0.25) is 4.98 Å². The Morgan fingerprint density at radius 3 is 3.00 bits per heavy atom. The second-order valence-electron chi connectivity index (χ2n) is 2.54. The largest absolute Gasteiger partial charge is 0.506 e. The number of hydrogen-bond acceptors (Lipinski definition) is 4. The third-order valence-corrected chi connectivity index (χ3v) is 1.52. The molecule has 4 nitrogen and oxygen atoms in total. The summed E-state index contributed by atoms with van der Waals surface area (Å²) in [5, 5.41) is 9.07. The first-order valence-corrected chi connectivity index (χ1v) is 3.62. The molecule has 66 valence electrons. The van der Waals surface area contributed by atoms with Crippen molar-refractivity contribution in [1.82, 2.24) is 4.98 Å². The lowest BCUT2D eigenvalue weighted by Crippen LogP contribution is -2.16. The molecule has 0 saturated carbocycles. The van der Waals surface area contributed by atoms with E-state index in [0.29, 0.717) is 6.61 Å². The predicted molar refractivity (Wildman–Crippen MR) is 44.7 cm³/mol. The molecule has 1 atom stereocenters. The van der Waals surface area contributed by atoms with Crippen LogP contribution in [0, 0.1) is 0 Å². The minimum atomic E-state index is -0.227. The highest BCUT2D eigenvalue weighted by Crippen LogP contribution is 2.14. The summed E-state index contributed by atoms with van der Waals surface area (Å²) in [4.78, 5) is 3.80. The number of nitrogens with two attached hydrogens (primary N) is 1. The molecule has 0 unspecified atom stereocenters. The Labute approximate surface area is 71.0 Å². The Morgan fingerprint density at radius 1 is 1.67 bits per heavy atom. The van der Waals surface area contributed by atoms with Gasteiger partial charge < -0.3 is 15.6 Å². The van der Waals surface area contributed by atoms with Crippen LogP contribution in [0.3, 0.4) is 0 Å². The van der Waals surface area contributed by atoms with Gasteiger partial charge in [-0.15, -0.1) is 0 Å². The maximum atomic E-state index is 9.07. The van der Waals surface area contributed by atoms with E-state index in [1.165, 1.54) is 6.20 Å². The molecule has 1 aromatic heterocycles. The number of hydrogen-bond donors (Lipinski definition) is 2. The number of nitrogens with zero attached hydrogens (tertiary/aromatic N) is 1.